The van der Waals surface area contributed by atoms with Gasteiger partial charge in [0, 0.05) is 25.4 Å². The fourth-order valence-corrected chi connectivity index (χ4v) is 1.60. The standard InChI is InChI=1S/C9H15N7/c1-3-8-7(6-16(2)13-8)4-10-5-9-11-14-15-12-9/h6,10H,3-5H2,1-2H3,(H,11,12,14,15). The van der Waals surface area contributed by atoms with Crippen molar-refractivity contribution in [2.24, 2.45) is 7.05 Å². The Hall–Kier alpha value is -1.76. The summed E-state index contributed by atoms with van der Waals surface area (Å²) in [4.78, 5) is 0. The van der Waals surface area contributed by atoms with Crippen LogP contribution in [0.1, 0.15) is 24.0 Å². The summed E-state index contributed by atoms with van der Waals surface area (Å²) in [5.41, 5.74) is 2.34. The SMILES string of the molecule is CCc1nn(C)cc1CNCc1nn[nH]n1. The lowest BCUT2D eigenvalue weighted by Crippen LogP contribution is -2.14. The minimum absolute atomic E-state index is 0.606. The molecule has 0 spiro atoms. The van der Waals surface area contributed by atoms with E-state index < -0.39 is 0 Å². The number of nitrogens with zero attached hydrogens (tertiary/aromatic N) is 5. The van der Waals surface area contributed by atoms with E-state index in [0.29, 0.717) is 12.4 Å². The second kappa shape index (κ2) is 4.84. The average molecular weight is 221 g/mol. The third kappa shape index (κ3) is 2.43. The van der Waals surface area contributed by atoms with Crippen molar-refractivity contribution in [3.05, 3.63) is 23.3 Å². The van der Waals surface area contributed by atoms with Crippen LogP contribution in [0.2, 0.25) is 0 Å². The fourth-order valence-electron chi connectivity index (χ4n) is 1.60. The van der Waals surface area contributed by atoms with Crippen molar-refractivity contribution in [1.82, 2.24) is 35.7 Å². The van der Waals surface area contributed by atoms with Gasteiger partial charge < -0.3 is 5.32 Å². The molecule has 16 heavy (non-hydrogen) atoms. The van der Waals surface area contributed by atoms with Gasteiger partial charge in [0.1, 0.15) is 0 Å². The molecule has 0 unspecified atom stereocenters. The van der Waals surface area contributed by atoms with Crippen LogP contribution in [-0.2, 0) is 26.6 Å². The zero-order valence-electron chi connectivity index (χ0n) is 9.43. The fraction of sp³-hybridized carbons (Fsp3) is 0.556. The maximum Gasteiger partial charge on any atom is 0.188 e. The molecule has 0 saturated heterocycles. The van der Waals surface area contributed by atoms with E-state index in [0.717, 1.165) is 18.7 Å². The molecule has 2 aromatic heterocycles. The Morgan fingerprint density at radius 3 is 3.00 bits per heavy atom. The third-order valence-corrected chi connectivity index (χ3v) is 2.31. The van der Waals surface area contributed by atoms with Crippen LogP contribution in [0.5, 0.6) is 0 Å². The number of hydrogen-bond donors (Lipinski definition) is 2. The lowest BCUT2D eigenvalue weighted by Gasteiger charge is -2.00. The average Bonchev–Trinajstić information content (AvgIpc) is 2.88. The molecule has 0 bridgehead atoms. The molecule has 7 nitrogen and oxygen atoms in total. The Bertz CT molecular complexity index is 431. The molecule has 0 atom stereocenters. The molecule has 0 aliphatic rings. The van der Waals surface area contributed by atoms with Gasteiger partial charge in [-0.05, 0) is 6.42 Å². The van der Waals surface area contributed by atoms with Gasteiger partial charge in [-0.1, -0.05) is 12.1 Å². The number of tetrazole rings is 1. The highest BCUT2D eigenvalue weighted by Crippen LogP contribution is 2.06. The van der Waals surface area contributed by atoms with Crippen LogP contribution in [0.3, 0.4) is 0 Å². The van der Waals surface area contributed by atoms with Crippen molar-refractivity contribution in [3.8, 4) is 0 Å². The second-order valence-corrected chi connectivity index (χ2v) is 3.56. The van der Waals surface area contributed by atoms with Gasteiger partial charge in [-0.2, -0.15) is 10.3 Å². The first kappa shape index (κ1) is 10.7. The lowest BCUT2D eigenvalue weighted by atomic mass is 10.2. The third-order valence-electron chi connectivity index (χ3n) is 2.31. The number of aromatic nitrogens is 6. The molecule has 2 rings (SSSR count). The first-order valence-electron chi connectivity index (χ1n) is 5.24. The molecule has 0 aliphatic carbocycles. The highest BCUT2D eigenvalue weighted by molar-refractivity contribution is 5.16. The number of rotatable bonds is 5. The molecular weight excluding hydrogens is 206 g/mol. The van der Waals surface area contributed by atoms with Crippen LogP contribution >= 0.6 is 0 Å². The normalized spacial score (nSPS) is 10.9. The summed E-state index contributed by atoms with van der Waals surface area (Å²) in [5, 5.41) is 21.3. The van der Waals surface area contributed by atoms with Crippen molar-refractivity contribution in [1.29, 1.82) is 0 Å². The molecule has 86 valence electrons. The Balaban J connectivity index is 1.89. The lowest BCUT2D eigenvalue weighted by molar-refractivity contribution is 0.659. The van der Waals surface area contributed by atoms with Gasteiger partial charge in [-0.3, -0.25) is 4.68 Å². The molecule has 0 fully saturated rings. The number of nitrogens with one attached hydrogen (secondary N) is 2. The van der Waals surface area contributed by atoms with Crippen LogP contribution in [0.25, 0.3) is 0 Å². The van der Waals surface area contributed by atoms with E-state index in [1.54, 1.807) is 0 Å². The molecule has 0 radical (unpaired) electrons. The Kier molecular flexibility index (Phi) is 3.25. The summed E-state index contributed by atoms with van der Waals surface area (Å²) in [5.74, 6) is 0.668. The van der Waals surface area contributed by atoms with Crippen molar-refractivity contribution in [2.45, 2.75) is 26.4 Å². The Morgan fingerprint density at radius 1 is 1.44 bits per heavy atom. The maximum absolute atomic E-state index is 4.37. The molecule has 0 saturated carbocycles. The van der Waals surface area contributed by atoms with Crippen LogP contribution < -0.4 is 5.32 Å². The smallest absolute Gasteiger partial charge is 0.188 e. The van der Waals surface area contributed by atoms with Gasteiger partial charge in [0.2, 0.25) is 0 Å². The van der Waals surface area contributed by atoms with Crippen LogP contribution in [0.15, 0.2) is 6.20 Å². The first-order valence-corrected chi connectivity index (χ1v) is 5.24. The van der Waals surface area contributed by atoms with Gasteiger partial charge in [0.15, 0.2) is 5.82 Å². The molecular formula is C9H15N7. The van der Waals surface area contributed by atoms with E-state index in [2.05, 4.69) is 38.0 Å². The predicted molar refractivity (Wildman–Crippen MR) is 57.3 cm³/mol. The van der Waals surface area contributed by atoms with E-state index in [9.17, 15) is 0 Å². The van der Waals surface area contributed by atoms with Crippen molar-refractivity contribution in [3.63, 3.8) is 0 Å². The number of H-pyrrole nitrogens is 1. The van der Waals surface area contributed by atoms with Crippen LogP contribution in [0, 0.1) is 0 Å². The minimum atomic E-state index is 0.606. The Morgan fingerprint density at radius 2 is 2.31 bits per heavy atom. The number of aryl methyl sites for hydroxylation is 2. The molecule has 2 heterocycles. The first-order chi connectivity index (χ1) is 7.79. The second-order valence-electron chi connectivity index (χ2n) is 3.56. The molecule has 0 aromatic carbocycles. The monoisotopic (exact) mass is 221 g/mol. The van der Waals surface area contributed by atoms with E-state index in [4.69, 9.17) is 0 Å². The maximum atomic E-state index is 4.37. The summed E-state index contributed by atoms with van der Waals surface area (Å²) < 4.78 is 1.84. The molecule has 7 heteroatoms. The van der Waals surface area contributed by atoms with E-state index in [-0.39, 0.29) is 0 Å². The number of aromatic amines is 1. The van der Waals surface area contributed by atoms with Crippen LogP contribution in [-0.4, -0.2) is 30.4 Å². The predicted octanol–water partition coefficient (Wildman–Crippen LogP) is -0.215. The quantitative estimate of drug-likeness (QED) is 0.729. The van der Waals surface area contributed by atoms with Gasteiger partial charge in [-0.15, -0.1) is 10.2 Å². The van der Waals surface area contributed by atoms with Crippen molar-refractivity contribution >= 4 is 0 Å². The van der Waals surface area contributed by atoms with Gasteiger partial charge in [0.05, 0.1) is 12.2 Å². The molecule has 2 aromatic rings. The summed E-state index contributed by atoms with van der Waals surface area (Å²) in [7, 11) is 1.93. The zero-order valence-corrected chi connectivity index (χ0v) is 9.43. The largest absolute Gasteiger partial charge is 0.305 e. The van der Waals surface area contributed by atoms with Gasteiger partial charge in [-0.25, -0.2) is 0 Å². The van der Waals surface area contributed by atoms with E-state index in [1.807, 2.05) is 17.9 Å². The van der Waals surface area contributed by atoms with Gasteiger partial charge >= 0.3 is 0 Å². The van der Waals surface area contributed by atoms with Gasteiger partial charge in [0.25, 0.3) is 0 Å². The van der Waals surface area contributed by atoms with Crippen molar-refractivity contribution in [2.75, 3.05) is 0 Å². The highest BCUT2D eigenvalue weighted by atomic mass is 15.5. The van der Waals surface area contributed by atoms with E-state index >= 15 is 0 Å². The molecule has 2 N–H and O–H groups in total. The van der Waals surface area contributed by atoms with Crippen LogP contribution in [0.4, 0.5) is 0 Å². The van der Waals surface area contributed by atoms with Crippen molar-refractivity contribution < 1.29 is 0 Å². The summed E-state index contributed by atoms with van der Waals surface area (Å²) in [6, 6.07) is 0. The molecule has 0 aliphatic heterocycles. The Labute approximate surface area is 93.2 Å². The summed E-state index contributed by atoms with van der Waals surface area (Å²) in [6.07, 6.45) is 2.97. The van der Waals surface area contributed by atoms with E-state index in [1.165, 1.54) is 5.56 Å². The minimum Gasteiger partial charge on any atom is -0.305 e. The molecule has 0 amide bonds. The highest BCUT2D eigenvalue weighted by Gasteiger charge is 2.05. The zero-order chi connectivity index (χ0) is 11.4. The number of hydrogen-bond acceptors (Lipinski definition) is 5. The summed E-state index contributed by atoms with van der Waals surface area (Å²) >= 11 is 0. The topological polar surface area (TPSA) is 84.3 Å². The summed E-state index contributed by atoms with van der Waals surface area (Å²) in [6.45, 7) is 3.48.